The Balaban J connectivity index is 1.80. The van der Waals surface area contributed by atoms with Crippen LogP contribution in [-0.2, 0) is 11.2 Å². The van der Waals surface area contributed by atoms with Crippen molar-refractivity contribution in [2.45, 2.75) is 6.42 Å². The first kappa shape index (κ1) is 16.5. The van der Waals surface area contributed by atoms with Crippen molar-refractivity contribution in [3.8, 4) is 17.0 Å². The number of carbonyl (C=O) groups is 1. The van der Waals surface area contributed by atoms with Gasteiger partial charge in [-0.1, -0.05) is 6.07 Å². The SMILES string of the molecule is COc1ccc(F)cc1-c1cc(NC(=O)Cc2cccnc2)ncn1. The molecule has 0 unspecified atom stereocenters. The Kier molecular flexibility index (Phi) is 4.94. The minimum absolute atomic E-state index is 0.177. The Morgan fingerprint density at radius 1 is 1.24 bits per heavy atom. The number of anilines is 1. The van der Waals surface area contributed by atoms with E-state index in [9.17, 15) is 9.18 Å². The van der Waals surface area contributed by atoms with Crippen LogP contribution < -0.4 is 10.1 Å². The van der Waals surface area contributed by atoms with Crippen molar-refractivity contribution in [3.63, 3.8) is 0 Å². The van der Waals surface area contributed by atoms with E-state index in [-0.39, 0.29) is 12.3 Å². The number of hydrogen-bond donors (Lipinski definition) is 1. The molecule has 1 N–H and O–H groups in total. The van der Waals surface area contributed by atoms with Crippen LogP contribution in [0, 0.1) is 5.82 Å². The van der Waals surface area contributed by atoms with Gasteiger partial charge in [-0.3, -0.25) is 9.78 Å². The highest BCUT2D eigenvalue weighted by atomic mass is 19.1. The molecule has 0 aliphatic rings. The quantitative estimate of drug-likeness (QED) is 0.774. The van der Waals surface area contributed by atoms with Gasteiger partial charge in [0.1, 0.15) is 23.7 Å². The molecule has 0 bridgehead atoms. The van der Waals surface area contributed by atoms with Gasteiger partial charge in [-0.15, -0.1) is 0 Å². The van der Waals surface area contributed by atoms with Crippen molar-refractivity contribution in [2.75, 3.05) is 12.4 Å². The van der Waals surface area contributed by atoms with E-state index in [1.165, 1.54) is 31.6 Å². The van der Waals surface area contributed by atoms with E-state index < -0.39 is 5.82 Å². The number of halogens is 1. The lowest BCUT2D eigenvalue weighted by molar-refractivity contribution is -0.115. The number of rotatable bonds is 5. The average Bonchev–Trinajstić information content (AvgIpc) is 2.62. The van der Waals surface area contributed by atoms with Gasteiger partial charge in [0.25, 0.3) is 0 Å². The molecule has 0 aliphatic carbocycles. The summed E-state index contributed by atoms with van der Waals surface area (Å²) in [4.78, 5) is 24.3. The largest absolute Gasteiger partial charge is 0.496 e. The smallest absolute Gasteiger partial charge is 0.230 e. The predicted octanol–water partition coefficient (Wildman–Crippen LogP) is 2.87. The van der Waals surface area contributed by atoms with Crippen LogP contribution in [0.25, 0.3) is 11.3 Å². The van der Waals surface area contributed by atoms with Gasteiger partial charge >= 0.3 is 0 Å². The first-order valence-electron chi connectivity index (χ1n) is 7.50. The third-order valence-corrected chi connectivity index (χ3v) is 3.46. The van der Waals surface area contributed by atoms with Gasteiger partial charge < -0.3 is 10.1 Å². The van der Waals surface area contributed by atoms with E-state index in [0.29, 0.717) is 22.8 Å². The molecule has 7 heteroatoms. The number of carbonyl (C=O) groups excluding carboxylic acids is 1. The van der Waals surface area contributed by atoms with Gasteiger partial charge in [0.05, 0.1) is 19.2 Å². The zero-order valence-corrected chi connectivity index (χ0v) is 13.4. The maximum absolute atomic E-state index is 13.5. The number of hydrogen-bond acceptors (Lipinski definition) is 5. The summed E-state index contributed by atoms with van der Waals surface area (Å²) >= 11 is 0. The standard InChI is InChI=1S/C18H15FN4O2/c1-25-16-5-4-13(19)8-14(16)15-9-17(22-11-21-15)23-18(24)7-12-3-2-6-20-10-12/h2-6,8-11H,7H2,1H3,(H,21,22,23,24). The molecular weight excluding hydrogens is 323 g/mol. The van der Waals surface area contributed by atoms with E-state index >= 15 is 0 Å². The van der Waals surface area contributed by atoms with E-state index in [1.54, 1.807) is 24.5 Å². The highest BCUT2D eigenvalue weighted by Crippen LogP contribution is 2.29. The number of aromatic nitrogens is 3. The minimum atomic E-state index is -0.406. The summed E-state index contributed by atoms with van der Waals surface area (Å²) in [5.41, 5.74) is 1.72. The zero-order chi connectivity index (χ0) is 17.6. The lowest BCUT2D eigenvalue weighted by Gasteiger charge is -2.09. The minimum Gasteiger partial charge on any atom is -0.496 e. The maximum Gasteiger partial charge on any atom is 0.230 e. The summed E-state index contributed by atoms with van der Waals surface area (Å²) in [7, 11) is 1.49. The van der Waals surface area contributed by atoms with Crippen molar-refractivity contribution in [1.29, 1.82) is 0 Å². The molecule has 25 heavy (non-hydrogen) atoms. The van der Waals surface area contributed by atoms with Gasteiger partial charge in [0.2, 0.25) is 5.91 Å². The number of pyridine rings is 1. The highest BCUT2D eigenvalue weighted by molar-refractivity contribution is 5.91. The molecule has 6 nitrogen and oxygen atoms in total. The number of nitrogens with one attached hydrogen (secondary N) is 1. The van der Waals surface area contributed by atoms with Gasteiger partial charge in [-0.05, 0) is 29.8 Å². The van der Waals surface area contributed by atoms with Crippen LogP contribution in [-0.4, -0.2) is 28.0 Å². The third-order valence-electron chi connectivity index (χ3n) is 3.46. The van der Waals surface area contributed by atoms with Crippen LogP contribution in [0.3, 0.4) is 0 Å². The van der Waals surface area contributed by atoms with Crippen LogP contribution in [0.15, 0.2) is 55.1 Å². The van der Waals surface area contributed by atoms with Crippen molar-refractivity contribution >= 4 is 11.7 Å². The van der Waals surface area contributed by atoms with Crippen LogP contribution in [0.2, 0.25) is 0 Å². The molecule has 2 heterocycles. The summed E-state index contributed by atoms with van der Waals surface area (Å²) in [6.07, 6.45) is 4.75. The lowest BCUT2D eigenvalue weighted by atomic mass is 10.1. The van der Waals surface area contributed by atoms with Crippen molar-refractivity contribution in [2.24, 2.45) is 0 Å². The average molecular weight is 338 g/mol. The van der Waals surface area contributed by atoms with E-state index in [4.69, 9.17) is 4.74 Å². The second-order valence-corrected chi connectivity index (χ2v) is 5.22. The second kappa shape index (κ2) is 7.48. The van der Waals surface area contributed by atoms with Crippen molar-refractivity contribution in [1.82, 2.24) is 15.0 Å². The molecule has 0 radical (unpaired) electrons. The molecule has 0 atom stereocenters. The van der Waals surface area contributed by atoms with E-state index in [2.05, 4.69) is 20.3 Å². The number of ether oxygens (including phenoxy) is 1. The molecule has 0 saturated carbocycles. The van der Waals surface area contributed by atoms with E-state index in [0.717, 1.165) is 5.56 Å². The molecule has 126 valence electrons. The zero-order valence-electron chi connectivity index (χ0n) is 13.4. The summed E-state index contributed by atoms with van der Waals surface area (Å²) in [5.74, 6) is 0.165. The lowest BCUT2D eigenvalue weighted by Crippen LogP contribution is -2.15. The third kappa shape index (κ3) is 4.14. The molecule has 0 aliphatic heterocycles. The fraction of sp³-hybridized carbons (Fsp3) is 0.111. The Hall–Kier alpha value is -3.35. The predicted molar refractivity (Wildman–Crippen MR) is 90.5 cm³/mol. The number of amides is 1. The van der Waals surface area contributed by atoms with E-state index in [1.807, 2.05) is 6.07 Å². The van der Waals surface area contributed by atoms with Gasteiger partial charge in [-0.25, -0.2) is 14.4 Å². The fourth-order valence-corrected chi connectivity index (χ4v) is 2.33. The molecule has 2 aromatic heterocycles. The molecule has 0 fully saturated rings. The molecule has 3 rings (SSSR count). The van der Waals surface area contributed by atoms with Crippen LogP contribution in [0.1, 0.15) is 5.56 Å². The Morgan fingerprint density at radius 2 is 2.12 bits per heavy atom. The molecule has 1 aromatic carbocycles. The summed E-state index contributed by atoms with van der Waals surface area (Å²) in [6, 6.07) is 9.30. The topological polar surface area (TPSA) is 77.0 Å². The van der Waals surface area contributed by atoms with Gasteiger partial charge in [0, 0.05) is 24.0 Å². The Morgan fingerprint density at radius 3 is 2.88 bits per heavy atom. The number of benzene rings is 1. The molecule has 1 amide bonds. The first-order valence-corrected chi connectivity index (χ1v) is 7.50. The first-order chi connectivity index (χ1) is 12.2. The van der Waals surface area contributed by atoms with Crippen molar-refractivity contribution < 1.29 is 13.9 Å². The summed E-state index contributed by atoms with van der Waals surface area (Å²) < 4.78 is 18.8. The number of nitrogens with zero attached hydrogens (tertiary/aromatic N) is 3. The van der Waals surface area contributed by atoms with Gasteiger partial charge in [-0.2, -0.15) is 0 Å². The molecule has 3 aromatic rings. The monoisotopic (exact) mass is 338 g/mol. The molecule has 0 saturated heterocycles. The molecule has 0 spiro atoms. The Bertz CT molecular complexity index is 887. The van der Waals surface area contributed by atoms with Crippen LogP contribution in [0.4, 0.5) is 10.2 Å². The number of methoxy groups -OCH3 is 1. The van der Waals surface area contributed by atoms with Crippen LogP contribution in [0.5, 0.6) is 5.75 Å². The fourth-order valence-electron chi connectivity index (χ4n) is 2.33. The highest BCUT2D eigenvalue weighted by Gasteiger charge is 2.11. The summed E-state index contributed by atoms with van der Waals surface area (Å²) in [6.45, 7) is 0. The van der Waals surface area contributed by atoms with Crippen LogP contribution >= 0.6 is 0 Å². The van der Waals surface area contributed by atoms with Gasteiger partial charge in [0.15, 0.2) is 0 Å². The van der Waals surface area contributed by atoms with Crippen molar-refractivity contribution in [3.05, 3.63) is 66.5 Å². The maximum atomic E-state index is 13.5. The second-order valence-electron chi connectivity index (χ2n) is 5.22. The Labute approximate surface area is 143 Å². The molecular formula is C18H15FN4O2. The normalized spacial score (nSPS) is 10.3. The summed E-state index contributed by atoms with van der Waals surface area (Å²) in [5, 5.41) is 2.70.